The first-order chi connectivity index (χ1) is 8.93. The van der Waals surface area contributed by atoms with Crippen molar-refractivity contribution in [2.75, 3.05) is 0 Å². The average molecular weight is 271 g/mol. The summed E-state index contributed by atoms with van der Waals surface area (Å²) in [7, 11) is 0. The van der Waals surface area contributed by atoms with Crippen molar-refractivity contribution >= 4 is 0 Å². The fraction of sp³-hybridized carbons (Fsp3) is 0.250. The normalized spacial score (nSPS) is 13.5. The number of hydrogen-bond donors (Lipinski definition) is 2. The van der Waals surface area contributed by atoms with Gasteiger partial charge in [-0.3, -0.25) is 10.8 Å². The van der Waals surface area contributed by atoms with Crippen LogP contribution in [0.4, 0.5) is 13.2 Å². The lowest BCUT2D eigenvalue weighted by Crippen LogP contribution is -2.30. The second-order valence-electron chi connectivity index (χ2n) is 4.05. The van der Waals surface area contributed by atoms with E-state index < -0.39 is 17.8 Å². The van der Waals surface area contributed by atoms with Gasteiger partial charge < -0.3 is 4.42 Å². The van der Waals surface area contributed by atoms with Gasteiger partial charge in [-0.25, -0.2) is 5.43 Å². The van der Waals surface area contributed by atoms with Gasteiger partial charge in [0, 0.05) is 23.5 Å². The lowest BCUT2D eigenvalue weighted by atomic mass is 9.98. The smallest absolute Gasteiger partial charge is 0.416 e. The Kier molecular flexibility index (Phi) is 3.59. The highest BCUT2D eigenvalue weighted by atomic mass is 19.4. The highest BCUT2D eigenvalue weighted by Crippen LogP contribution is 2.36. The number of aryl methyl sites for hydroxylation is 1. The molecular weight excluding hydrogens is 259 g/mol. The summed E-state index contributed by atoms with van der Waals surface area (Å²) in [5, 5.41) is 0. The Hall–Kier alpha value is -1.86. The Morgan fingerprint density at radius 2 is 2.16 bits per heavy atom. The van der Waals surface area contributed by atoms with Crippen molar-refractivity contribution in [2.24, 2.45) is 5.84 Å². The summed E-state index contributed by atoms with van der Waals surface area (Å²) in [6.45, 7) is 1.70. The first kappa shape index (κ1) is 13.6. The predicted octanol–water partition coefficient (Wildman–Crippen LogP) is 2.55. The van der Waals surface area contributed by atoms with E-state index in [2.05, 4.69) is 10.4 Å². The topological polar surface area (TPSA) is 64.1 Å². The molecule has 7 heteroatoms. The molecule has 19 heavy (non-hydrogen) atoms. The molecule has 0 aliphatic rings. The van der Waals surface area contributed by atoms with Crippen LogP contribution in [-0.4, -0.2) is 4.98 Å². The van der Waals surface area contributed by atoms with Crippen molar-refractivity contribution in [1.82, 2.24) is 10.4 Å². The van der Waals surface area contributed by atoms with Gasteiger partial charge in [-0.2, -0.15) is 13.2 Å². The number of rotatable bonds is 3. The van der Waals surface area contributed by atoms with E-state index in [0.717, 1.165) is 18.5 Å². The molecule has 0 saturated heterocycles. The Labute approximate surface area is 107 Å². The maximum absolute atomic E-state index is 12.9. The molecule has 102 valence electrons. The maximum atomic E-state index is 12.9. The lowest BCUT2D eigenvalue weighted by molar-refractivity contribution is -0.138. The monoisotopic (exact) mass is 271 g/mol. The molecule has 0 fully saturated rings. The van der Waals surface area contributed by atoms with Gasteiger partial charge in [0.15, 0.2) is 0 Å². The molecule has 0 amide bonds. The molecule has 0 spiro atoms. The number of nitrogens with zero attached hydrogens (tertiary/aromatic N) is 1. The van der Waals surface area contributed by atoms with Gasteiger partial charge in [0.25, 0.3) is 0 Å². The standard InChI is InChI=1S/C12H12F3N3O/c1-7-4-8(6-19-7)11(18-16)9-5-17-3-2-10(9)12(13,14)15/h2-6,11,18H,16H2,1H3. The van der Waals surface area contributed by atoms with Crippen LogP contribution < -0.4 is 11.3 Å². The molecule has 0 saturated carbocycles. The van der Waals surface area contributed by atoms with E-state index in [9.17, 15) is 13.2 Å². The van der Waals surface area contributed by atoms with Crippen molar-refractivity contribution in [2.45, 2.75) is 19.1 Å². The minimum absolute atomic E-state index is 0.0432. The zero-order valence-corrected chi connectivity index (χ0v) is 10.0. The highest BCUT2D eigenvalue weighted by molar-refractivity contribution is 5.36. The van der Waals surface area contributed by atoms with Crippen LogP contribution in [0.1, 0.15) is 28.5 Å². The first-order valence-corrected chi connectivity index (χ1v) is 5.45. The van der Waals surface area contributed by atoms with Crippen LogP contribution in [0.15, 0.2) is 35.2 Å². The van der Waals surface area contributed by atoms with Gasteiger partial charge in [-0.15, -0.1) is 0 Å². The van der Waals surface area contributed by atoms with Gasteiger partial charge in [0.1, 0.15) is 5.76 Å². The summed E-state index contributed by atoms with van der Waals surface area (Å²) in [6, 6.07) is 1.72. The fourth-order valence-corrected chi connectivity index (χ4v) is 1.88. The van der Waals surface area contributed by atoms with Crippen LogP contribution in [0.2, 0.25) is 0 Å². The van der Waals surface area contributed by atoms with Crippen molar-refractivity contribution in [3.63, 3.8) is 0 Å². The largest absolute Gasteiger partial charge is 0.469 e. The molecule has 1 unspecified atom stereocenters. The summed E-state index contributed by atoms with van der Waals surface area (Å²) in [6.07, 6.45) is -0.852. The number of nitrogens with two attached hydrogens (primary N) is 1. The second kappa shape index (κ2) is 5.02. The van der Waals surface area contributed by atoms with Crippen LogP contribution >= 0.6 is 0 Å². The molecule has 2 rings (SSSR count). The maximum Gasteiger partial charge on any atom is 0.416 e. The van der Waals surface area contributed by atoms with E-state index in [1.807, 2.05) is 0 Å². The van der Waals surface area contributed by atoms with Crippen LogP contribution in [0.5, 0.6) is 0 Å². The number of furan rings is 1. The Morgan fingerprint density at radius 1 is 1.42 bits per heavy atom. The second-order valence-corrected chi connectivity index (χ2v) is 4.05. The number of alkyl halides is 3. The molecule has 2 aromatic rings. The van der Waals surface area contributed by atoms with Crippen LogP contribution in [-0.2, 0) is 6.18 Å². The Balaban J connectivity index is 2.50. The predicted molar refractivity (Wildman–Crippen MR) is 61.9 cm³/mol. The molecule has 0 radical (unpaired) electrons. The number of aromatic nitrogens is 1. The van der Waals surface area contributed by atoms with Crippen molar-refractivity contribution in [3.8, 4) is 0 Å². The molecule has 3 N–H and O–H groups in total. The first-order valence-electron chi connectivity index (χ1n) is 5.45. The third-order valence-corrected chi connectivity index (χ3v) is 2.72. The molecule has 2 heterocycles. The summed E-state index contributed by atoms with van der Waals surface area (Å²) in [5.41, 5.74) is 2.06. The van der Waals surface area contributed by atoms with E-state index in [1.165, 1.54) is 6.26 Å². The molecule has 2 aromatic heterocycles. The number of pyridine rings is 1. The zero-order chi connectivity index (χ0) is 14.0. The van der Waals surface area contributed by atoms with Gasteiger partial charge in [-0.05, 0) is 19.1 Å². The average Bonchev–Trinajstić information content (AvgIpc) is 2.76. The number of halogens is 3. The summed E-state index contributed by atoms with van der Waals surface area (Å²) < 4.78 is 43.9. The molecule has 0 aliphatic carbocycles. The van der Waals surface area contributed by atoms with Crippen LogP contribution in [0, 0.1) is 6.92 Å². The molecule has 0 aliphatic heterocycles. The van der Waals surface area contributed by atoms with Crippen molar-refractivity contribution in [1.29, 1.82) is 0 Å². The molecule has 0 bridgehead atoms. The van der Waals surface area contributed by atoms with Crippen molar-refractivity contribution in [3.05, 3.63) is 53.2 Å². The van der Waals surface area contributed by atoms with E-state index in [1.54, 1.807) is 13.0 Å². The molecule has 0 aromatic carbocycles. The Bertz CT molecular complexity index is 565. The van der Waals surface area contributed by atoms with Gasteiger partial charge >= 0.3 is 6.18 Å². The number of nitrogens with one attached hydrogen (secondary N) is 1. The Morgan fingerprint density at radius 3 is 2.68 bits per heavy atom. The van der Waals surface area contributed by atoms with Crippen LogP contribution in [0.3, 0.4) is 0 Å². The molecule has 1 atom stereocenters. The van der Waals surface area contributed by atoms with Crippen molar-refractivity contribution < 1.29 is 17.6 Å². The van der Waals surface area contributed by atoms with Crippen LogP contribution in [0.25, 0.3) is 0 Å². The number of hydrazine groups is 1. The van der Waals surface area contributed by atoms with Gasteiger partial charge in [0.05, 0.1) is 17.9 Å². The molecular formula is C12H12F3N3O. The molecule has 4 nitrogen and oxygen atoms in total. The summed E-state index contributed by atoms with van der Waals surface area (Å²) >= 11 is 0. The minimum atomic E-state index is -4.47. The quantitative estimate of drug-likeness (QED) is 0.665. The fourth-order valence-electron chi connectivity index (χ4n) is 1.88. The van der Waals surface area contributed by atoms with E-state index in [4.69, 9.17) is 10.3 Å². The van der Waals surface area contributed by atoms with E-state index in [0.29, 0.717) is 11.3 Å². The third-order valence-electron chi connectivity index (χ3n) is 2.72. The minimum Gasteiger partial charge on any atom is -0.469 e. The summed E-state index contributed by atoms with van der Waals surface area (Å²) in [4.78, 5) is 3.73. The van der Waals surface area contributed by atoms with Gasteiger partial charge in [-0.1, -0.05) is 0 Å². The van der Waals surface area contributed by atoms with Gasteiger partial charge in [0.2, 0.25) is 0 Å². The zero-order valence-electron chi connectivity index (χ0n) is 10.0. The lowest BCUT2D eigenvalue weighted by Gasteiger charge is -2.19. The SMILES string of the molecule is Cc1cc(C(NN)c2cnccc2C(F)(F)F)co1. The highest BCUT2D eigenvalue weighted by Gasteiger charge is 2.35. The number of hydrogen-bond acceptors (Lipinski definition) is 4. The third kappa shape index (κ3) is 2.77. The van der Waals surface area contributed by atoms with E-state index in [-0.39, 0.29) is 5.56 Å². The van der Waals surface area contributed by atoms with E-state index >= 15 is 0 Å². The summed E-state index contributed by atoms with van der Waals surface area (Å²) in [5.74, 6) is 5.96.